The van der Waals surface area contributed by atoms with Crippen LogP contribution in [0.5, 0.6) is 0 Å². The summed E-state index contributed by atoms with van der Waals surface area (Å²) in [5, 5.41) is 5.01. The Kier molecular flexibility index (Phi) is 7.75. The van der Waals surface area contributed by atoms with Crippen LogP contribution in [0.25, 0.3) is 88.4 Å². The minimum atomic E-state index is 1.13. The van der Waals surface area contributed by atoms with Crippen LogP contribution in [0.4, 0.5) is 0 Å². The molecule has 0 unspecified atom stereocenters. The van der Waals surface area contributed by atoms with Crippen LogP contribution in [0, 0.1) is 0 Å². The molecule has 58 heavy (non-hydrogen) atoms. The van der Waals surface area contributed by atoms with Crippen LogP contribution < -0.4 is 0 Å². The zero-order valence-electron chi connectivity index (χ0n) is 31.3. The molecule has 0 spiro atoms. The van der Waals surface area contributed by atoms with Gasteiger partial charge in [-0.2, -0.15) is 0 Å². The largest absolute Gasteiger partial charge is 0.309 e. The Morgan fingerprint density at radius 3 is 1.29 bits per heavy atom. The van der Waals surface area contributed by atoms with Gasteiger partial charge < -0.3 is 9.13 Å². The van der Waals surface area contributed by atoms with E-state index in [0.29, 0.717) is 0 Å². The number of hydrogen-bond acceptors (Lipinski definition) is 2. The van der Waals surface area contributed by atoms with Crippen LogP contribution >= 0.6 is 23.5 Å². The van der Waals surface area contributed by atoms with Crippen molar-refractivity contribution in [3.63, 3.8) is 0 Å². The summed E-state index contributed by atoms with van der Waals surface area (Å²) < 4.78 is 4.88. The van der Waals surface area contributed by atoms with Crippen molar-refractivity contribution < 1.29 is 0 Å². The Labute approximate surface area is 345 Å². The molecule has 272 valence electrons. The Balaban J connectivity index is 1.07. The molecule has 1 aliphatic heterocycles. The van der Waals surface area contributed by atoms with Gasteiger partial charge in [-0.1, -0.05) is 163 Å². The van der Waals surface area contributed by atoms with Crippen molar-refractivity contribution in [1.29, 1.82) is 0 Å². The summed E-state index contributed by atoms with van der Waals surface area (Å²) in [6, 6.07) is 75.8. The molecule has 0 atom stereocenters. The molecule has 0 N–H and O–H groups in total. The van der Waals surface area contributed by atoms with E-state index in [9.17, 15) is 0 Å². The molecule has 0 bridgehead atoms. The standard InChI is InChI=1S/C54H34N2S2/c1-2-18-41(46-23-14-30-53-54(46)58-52-29-12-11-28-51(52)57-53)40(17-1)36-16-13-15-35(31-36)37-32-38(55-47-24-7-3-19-42(47)43-20-4-8-25-48(43)55)34-39(33-37)56-49-26-9-5-21-44(49)45-22-6-10-27-50(45)56/h1-34H. The Morgan fingerprint density at radius 1 is 0.276 bits per heavy atom. The average Bonchev–Trinajstić information content (AvgIpc) is 3.81. The molecule has 2 aromatic heterocycles. The fraction of sp³-hybridized carbons (Fsp3) is 0. The van der Waals surface area contributed by atoms with E-state index in [0.717, 1.165) is 16.9 Å². The fourth-order valence-electron chi connectivity index (χ4n) is 9.02. The molecule has 0 fully saturated rings. The summed E-state index contributed by atoms with van der Waals surface area (Å²) in [6.45, 7) is 0. The molecule has 1 aliphatic rings. The Bertz CT molecular complexity index is 3190. The summed E-state index contributed by atoms with van der Waals surface area (Å²) in [7, 11) is 0. The van der Waals surface area contributed by atoms with Gasteiger partial charge in [0.2, 0.25) is 0 Å². The Morgan fingerprint density at radius 2 is 0.707 bits per heavy atom. The van der Waals surface area contributed by atoms with Crippen molar-refractivity contribution in [2.45, 2.75) is 19.6 Å². The highest BCUT2D eigenvalue weighted by Gasteiger charge is 2.22. The number of rotatable bonds is 5. The quantitative estimate of drug-likeness (QED) is 0.172. The highest BCUT2D eigenvalue weighted by atomic mass is 32.2. The van der Waals surface area contributed by atoms with Crippen LogP contribution in [-0.2, 0) is 0 Å². The van der Waals surface area contributed by atoms with Gasteiger partial charge in [-0.05, 0) is 100 Å². The number of nitrogens with zero attached hydrogens (tertiary/aromatic N) is 2. The van der Waals surface area contributed by atoms with E-state index in [4.69, 9.17) is 0 Å². The summed E-state index contributed by atoms with van der Waals surface area (Å²) >= 11 is 3.76. The van der Waals surface area contributed by atoms with Gasteiger partial charge in [0.15, 0.2) is 0 Å². The molecule has 3 heterocycles. The van der Waals surface area contributed by atoms with Gasteiger partial charge in [0, 0.05) is 52.5 Å². The number of aromatic nitrogens is 2. The van der Waals surface area contributed by atoms with E-state index in [1.165, 1.54) is 91.0 Å². The second-order valence-corrected chi connectivity index (χ2v) is 17.0. The van der Waals surface area contributed by atoms with Crippen molar-refractivity contribution in [1.82, 2.24) is 9.13 Å². The molecule has 0 radical (unpaired) electrons. The van der Waals surface area contributed by atoms with Gasteiger partial charge in [-0.15, -0.1) is 0 Å². The molecule has 0 saturated carbocycles. The van der Waals surface area contributed by atoms with Crippen LogP contribution in [0.15, 0.2) is 226 Å². The SMILES string of the molecule is c1cc(-c2cc(-n3c4ccccc4c4ccccc43)cc(-n3c4ccccc4c4ccccc43)c2)cc(-c2ccccc2-c2cccc3c2Sc2ccccc2S3)c1. The highest BCUT2D eigenvalue weighted by Crippen LogP contribution is 2.52. The van der Waals surface area contributed by atoms with Crippen molar-refractivity contribution in [3.05, 3.63) is 206 Å². The first kappa shape index (κ1) is 33.4. The third kappa shape index (κ3) is 5.30. The maximum atomic E-state index is 2.44. The van der Waals surface area contributed by atoms with Gasteiger partial charge >= 0.3 is 0 Å². The first-order valence-electron chi connectivity index (χ1n) is 19.7. The summed E-state index contributed by atoms with van der Waals surface area (Å²) in [5.41, 5.74) is 14.3. The van der Waals surface area contributed by atoms with E-state index < -0.39 is 0 Å². The maximum absolute atomic E-state index is 2.44. The lowest BCUT2D eigenvalue weighted by molar-refractivity contribution is 1.13. The maximum Gasteiger partial charge on any atom is 0.0541 e. The van der Waals surface area contributed by atoms with E-state index in [1.54, 1.807) is 0 Å². The van der Waals surface area contributed by atoms with E-state index in [-0.39, 0.29) is 0 Å². The van der Waals surface area contributed by atoms with Crippen LogP contribution in [0.3, 0.4) is 0 Å². The first-order chi connectivity index (χ1) is 28.8. The molecular weight excluding hydrogens is 741 g/mol. The van der Waals surface area contributed by atoms with E-state index in [1.807, 2.05) is 23.5 Å². The lowest BCUT2D eigenvalue weighted by atomic mass is 9.92. The lowest BCUT2D eigenvalue weighted by Crippen LogP contribution is -2.00. The fourth-order valence-corrected chi connectivity index (χ4v) is 11.4. The van der Waals surface area contributed by atoms with Crippen molar-refractivity contribution in [2.24, 2.45) is 0 Å². The van der Waals surface area contributed by atoms with Crippen LogP contribution in [0.2, 0.25) is 0 Å². The second kappa shape index (κ2) is 13.5. The number of hydrogen-bond donors (Lipinski definition) is 0. The predicted molar refractivity (Wildman–Crippen MR) is 246 cm³/mol. The van der Waals surface area contributed by atoms with E-state index >= 15 is 0 Å². The predicted octanol–water partition coefficient (Wildman–Crippen LogP) is 15.5. The van der Waals surface area contributed by atoms with E-state index in [2.05, 4.69) is 215 Å². The van der Waals surface area contributed by atoms with Crippen LogP contribution in [-0.4, -0.2) is 9.13 Å². The molecule has 4 heteroatoms. The molecule has 0 amide bonds. The van der Waals surface area contributed by atoms with Crippen molar-refractivity contribution in [3.8, 4) is 44.8 Å². The van der Waals surface area contributed by atoms with Crippen molar-refractivity contribution >= 4 is 67.1 Å². The first-order valence-corrected chi connectivity index (χ1v) is 21.3. The number of fused-ring (bicyclic) bond motifs is 8. The molecular formula is C54H34N2S2. The minimum Gasteiger partial charge on any atom is -0.309 e. The van der Waals surface area contributed by atoms with Gasteiger partial charge in [-0.25, -0.2) is 0 Å². The van der Waals surface area contributed by atoms with Gasteiger partial charge in [0.05, 0.1) is 22.1 Å². The molecule has 2 nitrogen and oxygen atoms in total. The molecule has 0 aliphatic carbocycles. The smallest absolute Gasteiger partial charge is 0.0541 e. The topological polar surface area (TPSA) is 9.86 Å². The second-order valence-electron chi connectivity index (χ2n) is 14.9. The zero-order valence-corrected chi connectivity index (χ0v) is 33.0. The third-order valence-corrected chi connectivity index (χ3v) is 14.2. The van der Waals surface area contributed by atoms with Crippen molar-refractivity contribution in [2.75, 3.05) is 0 Å². The zero-order chi connectivity index (χ0) is 38.2. The highest BCUT2D eigenvalue weighted by molar-refractivity contribution is 8.05. The number of benzene rings is 9. The molecule has 9 aromatic carbocycles. The summed E-state index contributed by atoms with van der Waals surface area (Å²) in [4.78, 5) is 5.27. The van der Waals surface area contributed by atoms with Gasteiger partial charge in [-0.3, -0.25) is 0 Å². The summed E-state index contributed by atoms with van der Waals surface area (Å²) in [5.74, 6) is 0. The molecule has 11 aromatic rings. The summed E-state index contributed by atoms with van der Waals surface area (Å²) in [6.07, 6.45) is 0. The average molecular weight is 775 g/mol. The van der Waals surface area contributed by atoms with Gasteiger partial charge in [0.25, 0.3) is 0 Å². The molecule has 0 saturated heterocycles. The number of para-hydroxylation sites is 4. The van der Waals surface area contributed by atoms with Crippen LogP contribution in [0.1, 0.15) is 0 Å². The normalized spacial score (nSPS) is 12.3. The van der Waals surface area contributed by atoms with Gasteiger partial charge in [0.1, 0.15) is 0 Å². The Hall–Kier alpha value is -6.72. The lowest BCUT2D eigenvalue weighted by Gasteiger charge is -2.22. The monoisotopic (exact) mass is 774 g/mol. The third-order valence-electron chi connectivity index (χ3n) is 11.6. The molecule has 12 rings (SSSR count). The minimum absolute atomic E-state index is 1.13.